The third kappa shape index (κ3) is 3.56. The van der Waals surface area contributed by atoms with Crippen LogP contribution >= 0.6 is 0 Å². The number of carbonyl (C=O) groups is 1. The van der Waals surface area contributed by atoms with Crippen LogP contribution in [0.5, 0.6) is 5.75 Å². The van der Waals surface area contributed by atoms with E-state index in [1.54, 1.807) is 7.11 Å². The van der Waals surface area contributed by atoms with Crippen molar-refractivity contribution in [3.8, 4) is 5.75 Å². The molecule has 3 heteroatoms. The van der Waals surface area contributed by atoms with Gasteiger partial charge in [0.1, 0.15) is 5.75 Å². The van der Waals surface area contributed by atoms with Crippen LogP contribution in [-0.4, -0.2) is 18.4 Å². The van der Waals surface area contributed by atoms with Gasteiger partial charge in [0.25, 0.3) is 0 Å². The summed E-state index contributed by atoms with van der Waals surface area (Å²) in [6.07, 6.45) is 0.345. The Morgan fingerprint density at radius 1 is 1.29 bits per heavy atom. The summed E-state index contributed by atoms with van der Waals surface area (Å²) in [6.45, 7) is 7.59. The number of hydrogen-bond donors (Lipinski definition) is 1. The lowest BCUT2D eigenvalue weighted by molar-refractivity contribution is 0.0960. The average molecular weight is 235 g/mol. The van der Waals surface area contributed by atoms with Crippen molar-refractivity contribution in [3.63, 3.8) is 0 Å². The third-order valence-electron chi connectivity index (χ3n) is 2.60. The Morgan fingerprint density at radius 2 is 1.76 bits per heavy atom. The summed E-state index contributed by atoms with van der Waals surface area (Å²) in [6, 6.07) is 3.72. The second-order valence-electron chi connectivity index (χ2n) is 5.23. The van der Waals surface area contributed by atoms with E-state index in [4.69, 9.17) is 10.5 Å². The molecule has 0 heterocycles. The number of Topliss-reactive ketones (excluding diaryl/α,β-unsaturated/α-hetero) is 1. The highest BCUT2D eigenvalue weighted by Crippen LogP contribution is 2.25. The first-order valence-corrected chi connectivity index (χ1v) is 5.72. The quantitative estimate of drug-likeness (QED) is 0.816. The van der Waals surface area contributed by atoms with Crippen LogP contribution in [0.1, 0.15) is 41.8 Å². The zero-order valence-electron chi connectivity index (χ0n) is 11.3. The van der Waals surface area contributed by atoms with Crippen molar-refractivity contribution in [2.75, 3.05) is 7.11 Å². The lowest BCUT2D eigenvalue weighted by Gasteiger charge is -2.18. The van der Waals surface area contributed by atoms with Crippen molar-refractivity contribution < 1.29 is 9.53 Å². The minimum atomic E-state index is -0.473. The predicted molar refractivity (Wildman–Crippen MR) is 69.7 cm³/mol. The summed E-state index contributed by atoms with van der Waals surface area (Å²) < 4.78 is 5.28. The maximum Gasteiger partial charge on any atom is 0.164 e. The zero-order valence-corrected chi connectivity index (χ0v) is 11.3. The molecule has 0 unspecified atom stereocenters. The molecule has 0 atom stereocenters. The lowest BCUT2D eigenvalue weighted by Crippen LogP contribution is -2.34. The summed E-state index contributed by atoms with van der Waals surface area (Å²) in [5.41, 5.74) is 8.05. The molecule has 0 aliphatic heterocycles. The number of hydrogen-bond acceptors (Lipinski definition) is 3. The fraction of sp³-hybridized carbons (Fsp3) is 0.500. The first-order valence-electron chi connectivity index (χ1n) is 5.72. The van der Waals surface area contributed by atoms with E-state index in [0.29, 0.717) is 12.0 Å². The number of methoxy groups -OCH3 is 1. The molecule has 0 amide bonds. The molecule has 17 heavy (non-hydrogen) atoms. The Bertz CT molecular complexity index is 407. The molecule has 0 aromatic heterocycles. The van der Waals surface area contributed by atoms with Gasteiger partial charge in [-0.1, -0.05) is 0 Å². The van der Waals surface area contributed by atoms with Gasteiger partial charge in [-0.15, -0.1) is 0 Å². The Balaban J connectivity index is 3.05. The highest BCUT2D eigenvalue weighted by molar-refractivity contribution is 5.97. The number of nitrogens with two attached hydrogens (primary N) is 1. The van der Waals surface area contributed by atoms with Gasteiger partial charge in [0.05, 0.1) is 7.11 Å². The van der Waals surface area contributed by atoms with E-state index < -0.39 is 5.54 Å². The first kappa shape index (κ1) is 13.7. The van der Waals surface area contributed by atoms with Gasteiger partial charge in [-0.2, -0.15) is 0 Å². The lowest BCUT2D eigenvalue weighted by atomic mass is 9.93. The number of ether oxygens (including phenoxy) is 1. The van der Waals surface area contributed by atoms with E-state index in [2.05, 4.69) is 0 Å². The zero-order chi connectivity index (χ0) is 13.2. The standard InChI is InChI=1S/C14H21NO2/c1-9-6-11(7-10(2)13(9)17-5)12(16)8-14(3,4)15/h6-7H,8,15H2,1-5H3. The van der Waals surface area contributed by atoms with Gasteiger partial charge in [0.15, 0.2) is 5.78 Å². The highest BCUT2D eigenvalue weighted by Gasteiger charge is 2.19. The van der Waals surface area contributed by atoms with Gasteiger partial charge in [-0.25, -0.2) is 0 Å². The molecular formula is C14H21NO2. The molecular weight excluding hydrogens is 214 g/mol. The van der Waals surface area contributed by atoms with Crippen LogP contribution in [0.3, 0.4) is 0 Å². The number of ketones is 1. The third-order valence-corrected chi connectivity index (χ3v) is 2.60. The molecule has 3 nitrogen and oxygen atoms in total. The van der Waals surface area contributed by atoms with E-state index in [-0.39, 0.29) is 5.78 Å². The normalized spacial score (nSPS) is 11.4. The van der Waals surface area contributed by atoms with Gasteiger partial charge in [-0.05, 0) is 51.0 Å². The molecule has 2 N–H and O–H groups in total. The Hall–Kier alpha value is -1.35. The van der Waals surface area contributed by atoms with E-state index in [0.717, 1.165) is 16.9 Å². The van der Waals surface area contributed by atoms with Crippen LogP contribution in [0.15, 0.2) is 12.1 Å². The number of rotatable bonds is 4. The second kappa shape index (κ2) is 4.88. The van der Waals surface area contributed by atoms with Crippen molar-refractivity contribution >= 4 is 5.78 Å². The largest absolute Gasteiger partial charge is 0.496 e. The minimum Gasteiger partial charge on any atom is -0.496 e. The van der Waals surface area contributed by atoms with E-state index in [1.807, 2.05) is 39.8 Å². The molecule has 0 aliphatic rings. The topological polar surface area (TPSA) is 52.3 Å². The van der Waals surface area contributed by atoms with Crippen LogP contribution < -0.4 is 10.5 Å². The fourth-order valence-electron chi connectivity index (χ4n) is 1.95. The molecule has 0 radical (unpaired) electrons. The fourth-order valence-corrected chi connectivity index (χ4v) is 1.95. The minimum absolute atomic E-state index is 0.0753. The van der Waals surface area contributed by atoms with Crippen LogP contribution in [0.4, 0.5) is 0 Å². The molecule has 0 saturated carbocycles. The van der Waals surface area contributed by atoms with Crippen LogP contribution in [0.25, 0.3) is 0 Å². The summed E-state index contributed by atoms with van der Waals surface area (Å²) in [4.78, 5) is 12.0. The molecule has 0 saturated heterocycles. The number of carbonyl (C=O) groups excluding carboxylic acids is 1. The molecule has 1 aromatic rings. The van der Waals surface area contributed by atoms with Gasteiger partial charge < -0.3 is 10.5 Å². The molecule has 0 bridgehead atoms. The van der Waals surface area contributed by atoms with Crippen LogP contribution in [0.2, 0.25) is 0 Å². The Morgan fingerprint density at radius 3 is 2.12 bits per heavy atom. The monoisotopic (exact) mass is 235 g/mol. The Kier molecular flexibility index (Phi) is 3.94. The molecule has 0 fully saturated rings. The first-order chi connectivity index (χ1) is 7.74. The van der Waals surface area contributed by atoms with E-state index in [9.17, 15) is 4.79 Å². The summed E-state index contributed by atoms with van der Waals surface area (Å²) in [7, 11) is 1.64. The van der Waals surface area contributed by atoms with Gasteiger partial charge >= 0.3 is 0 Å². The maximum atomic E-state index is 12.0. The van der Waals surface area contributed by atoms with Gasteiger partial charge in [0, 0.05) is 17.5 Å². The summed E-state index contributed by atoms with van der Waals surface area (Å²) in [5.74, 6) is 0.917. The van der Waals surface area contributed by atoms with E-state index >= 15 is 0 Å². The van der Waals surface area contributed by atoms with Crippen molar-refractivity contribution in [2.24, 2.45) is 5.73 Å². The molecule has 1 rings (SSSR count). The van der Waals surface area contributed by atoms with Crippen LogP contribution in [-0.2, 0) is 0 Å². The predicted octanol–water partition coefficient (Wildman–Crippen LogP) is 2.62. The van der Waals surface area contributed by atoms with Crippen molar-refractivity contribution in [3.05, 3.63) is 28.8 Å². The van der Waals surface area contributed by atoms with Crippen LogP contribution in [0, 0.1) is 13.8 Å². The smallest absolute Gasteiger partial charge is 0.164 e. The van der Waals surface area contributed by atoms with Crippen molar-refractivity contribution in [2.45, 2.75) is 39.7 Å². The average Bonchev–Trinajstić information content (AvgIpc) is 2.14. The van der Waals surface area contributed by atoms with Crippen molar-refractivity contribution in [1.29, 1.82) is 0 Å². The Labute approximate surface area is 103 Å². The maximum absolute atomic E-state index is 12.0. The van der Waals surface area contributed by atoms with Gasteiger partial charge in [-0.3, -0.25) is 4.79 Å². The highest BCUT2D eigenvalue weighted by atomic mass is 16.5. The second-order valence-corrected chi connectivity index (χ2v) is 5.23. The molecule has 94 valence electrons. The molecule has 0 aliphatic carbocycles. The number of benzene rings is 1. The SMILES string of the molecule is COc1c(C)cc(C(=O)CC(C)(C)N)cc1C. The van der Waals surface area contributed by atoms with Crippen molar-refractivity contribution in [1.82, 2.24) is 0 Å². The molecule has 1 aromatic carbocycles. The summed E-state index contributed by atoms with van der Waals surface area (Å²) >= 11 is 0. The van der Waals surface area contributed by atoms with E-state index in [1.165, 1.54) is 0 Å². The number of aryl methyl sites for hydroxylation is 2. The molecule has 0 spiro atoms. The summed E-state index contributed by atoms with van der Waals surface area (Å²) in [5, 5.41) is 0. The van der Waals surface area contributed by atoms with Gasteiger partial charge in [0.2, 0.25) is 0 Å².